The van der Waals surface area contributed by atoms with Gasteiger partial charge in [-0.3, -0.25) is 0 Å². The minimum Gasteiger partial charge on any atom is -0.497 e. The molecular formula is C15H21ClN2OS. The number of rotatable bonds is 5. The summed E-state index contributed by atoms with van der Waals surface area (Å²) in [5, 5.41) is 1.07. The number of halogens is 1. The van der Waals surface area contributed by atoms with Gasteiger partial charge in [0.15, 0.2) is 5.16 Å². The van der Waals surface area contributed by atoms with Gasteiger partial charge < -0.3 is 9.30 Å². The molecule has 0 fully saturated rings. The van der Waals surface area contributed by atoms with Crippen LogP contribution in [-0.4, -0.2) is 22.9 Å². The quantitative estimate of drug-likeness (QED) is 0.768. The number of nitrogens with zero attached hydrogens (tertiary/aromatic N) is 2. The van der Waals surface area contributed by atoms with Gasteiger partial charge in [-0.1, -0.05) is 25.6 Å². The van der Waals surface area contributed by atoms with Gasteiger partial charge in [0.1, 0.15) is 5.75 Å². The van der Waals surface area contributed by atoms with E-state index in [0.29, 0.717) is 5.92 Å². The molecule has 1 aromatic carbocycles. The van der Waals surface area contributed by atoms with Crippen molar-refractivity contribution in [1.29, 1.82) is 0 Å². The van der Waals surface area contributed by atoms with Crippen LogP contribution in [0.5, 0.6) is 5.75 Å². The average molecular weight is 313 g/mol. The van der Waals surface area contributed by atoms with Gasteiger partial charge in [0.25, 0.3) is 0 Å². The van der Waals surface area contributed by atoms with E-state index in [2.05, 4.69) is 41.8 Å². The highest BCUT2D eigenvalue weighted by Crippen LogP contribution is 2.27. The smallest absolute Gasteiger partial charge is 0.168 e. The van der Waals surface area contributed by atoms with Gasteiger partial charge in [-0.05, 0) is 36.4 Å². The Morgan fingerprint density at radius 3 is 2.40 bits per heavy atom. The predicted octanol–water partition coefficient (Wildman–Crippen LogP) is 4.36. The third-order valence-electron chi connectivity index (χ3n) is 2.94. The minimum absolute atomic E-state index is 0. The fourth-order valence-electron chi connectivity index (χ4n) is 2.06. The summed E-state index contributed by atoms with van der Waals surface area (Å²) >= 11 is 1.69. The highest BCUT2D eigenvalue weighted by Gasteiger charge is 2.12. The number of hydrogen-bond acceptors (Lipinski definition) is 3. The maximum atomic E-state index is 5.20. The predicted molar refractivity (Wildman–Crippen MR) is 88.1 cm³/mol. The van der Waals surface area contributed by atoms with Crippen LogP contribution in [-0.2, 0) is 6.54 Å². The molecule has 20 heavy (non-hydrogen) atoms. The lowest BCUT2D eigenvalue weighted by molar-refractivity contribution is 0.415. The zero-order chi connectivity index (χ0) is 13.8. The van der Waals surface area contributed by atoms with E-state index in [-0.39, 0.29) is 12.4 Å². The van der Waals surface area contributed by atoms with Crippen molar-refractivity contribution in [3.8, 4) is 17.0 Å². The Labute approximate surface area is 131 Å². The van der Waals surface area contributed by atoms with E-state index in [0.717, 1.165) is 17.5 Å². The molecule has 0 aliphatic heterocycles. The van der Waals surface area contributed by atoms with Crippen LogP contribution in [0.15, 0.2) is 35.6 Å². The summed E-state index contributed by atoms with van der Waals surface area (Å²) in [4.78, 5) is 4.50. The average Bonchev–Trinajstić information content (AvgIpc) is 2.81. The first-order chi connectivity index (χ1) is 9.15. The normalized spacial score (nSPS) is 10.4. The Balaban J connectivity index is 0.00000200. The van der Waals surface area contributed by atoms with Crippen LogP contribution in [0.2, 0.25) is 0 Å². The summed E-state index contributed by atoms with van der Waals surface area (Å²) in [5.74, 6) is 1.47. The second-order valence-corrected chi connectivity index (χ2v) is 5.64. The summed E-state index contributed by atoms with van der Waals surface area (Å²) in [6, 6.07) is 8.13. The Bertz CT molecular complexity index is 537. The van der Waals surface area contributed by atoms with Crippen LogP contribution in [0.1, 0.15) is 13.8 Å². The lowest BCUT2D eigenvalue weighted by atomic mass is 10.1. The molecule has 0 N–H and O–H groups in total. The highest BCUT2D eigenvalue weighted by molar-refractivity contribution is 7.98. The van der Waals surface area contributed by atoms with Crippen molar-refractivity contribution in [3.63, 3.8) is 0 Å². The molecule has 0 aliphatic carbocycles. The van der Waals surface area contributed by atoms with E-state index < -0.39 is 0 Å². The van der Waals surface area contributed by atoms with Crippen molar-refractivity contribution in [2.45, 2.75) is 25.5 Å². The van der Waals surface area contributed by atoms with Crippen LogP contribution in [0.4, 0.5) is 0 Å². The van der Waals surface area contributed by atoms with Crippen molar-refractivity contribution >= 4 is 24.2 Å². The van der Waals surface area contributed by atoms with Gasteiger partial charge in [-0.25, -0.2) is 4.98 Å². The number of imidazole rings is 1. The van der Waals surface area contributed by atoms with Gasteiger partial charge in [-0.2, -0.15) is 0 Å². The van der Waals surface area contributed by atoms with Crippen LogP contribution in [0.3, 0.4) is 0 Å². The number of ether oxygens (including phenoxy) is 1. The molecule has 0 radical (unpaired) electrons. The number of benzene rings is 1. The van der Waals surface area contributed by atoms with Gasteiger partial charge in [0.05, 0.1) is 19.0 Å². The maximum absolute atomic E-state index is 5.20. The first-order valence-corrected chi connectivity index (χ1v) is 7.62. The fraction of sp³-hybridized carbons (Fsp3) is 0.400. The molecule has 3 nitrogen and oxygen atoms in total. The number of hydrogen-bond donors (Lipinski definition) is 0. The maximum Gasteiger partial charge on any atom is 0.168 e. The summed E-state index contributed by atoms with van der Waals surface area (Å²) in [6.45, 7) is 5.43. The van der Waals surface area contributed by atoms with E-state index in [1.165, 1.54) is 11.3 Å². The van der Waals surface area contributed by atoms with Gasteiger partial charge >= 0.3 is 0 Å². The summed E-state index contributed by atoms with van der Waals surface area (Å²) < 4.78 is 7.49. The molecule has 2 rings (SSSR count). The Morgan fingerprint density at radius 2 is 1.90 bits per heavy atom. The van der Waals surface area contributed by atoms with Crippen molar-refractivity contribution in [2.24, 2.45) is 5.92 Å². The summed E-state index contributed by atoms with van der Waals surface area (Å²) in [5.41, 5.74) is 2.34. The number of methoxy groups -OCH3 is 1. The molecule has 1 heterocycles. The fourth-order valence-corrected chi connectivity index (χ4v) is 2.61. The monoisotopic (exact) mass is 312 g/mol. The molecule has 2 aromatic rings. The van der Waals surface area contributed by atoms with E-state index >= 15 is 0 Å². The van der Waals surface area contributed by atoms with Crippen molar-refractivity contribution in [2.75, 3.05) is 13.4 Å². The minimum atomic E-state index is 0. The molecule has 0 unspecified atom stereocenters. The standard InChI is InChI=1S/C15H20N2OS.ClH/c1-11(2)10-17-14(9-16-15(17)19-4)12-5-7-13(18-3)8-6-12;/h5-9,11H,10H2,1-4H3;1H. The lowest BCUT2D eigenvalue weighted by Gasteiger charge is -2.13. The Hall–Kier alpha value is -1.13. The third-order valence-corrected chi connectivity index (χ3v) is 3.63. The van der Waals surface area contributed by atoms with E-state index in [1.807, 2.05) is 18.3 Å². The lowest BCUT2D eigenvalue weighted by Crippen LogP contribution is -2.07. The zero-order valence-corrected chi connectivity index (χ0v) is 13.9. The Morgan fingerprint density at radius 1 is 1.25 bits per heavy atom. The summed E-state index contributed by atoms with van der Waals surface area (Å²) in [7, 11) is 1.68. The van der Waals surface area contributed by atoms with Gasteiger partial charge in [0, 0.05) is 12.1 Å². The van der Waals surface area contributed by atoms with Gasteiger partial charge in [0.2, 0.25) is 0 Å². The van der Waals surface area contributed by atoms with Crippen LogP contribution in [0, 0.1) is 5.92 Å². The van der Waals surface area contributed by atoms with E-state index in [9.17, 15) is 0 Å². The molecule has 0 bridgehead atoms. The van der Waals surface area contributed by atoms with Crippen molar-refractivity contribution < 1.29 is 4.74 Å². The second-order valence-electron chi connectivity index (χ2n) is 4.86. The molecule has 110 valence electrons. The molecule has 5 heteroatoms. The van der Waals surface area contributed by atoms with E-state index in [1.54, 1.807) is 18.9 Å². The zero-order valence-electron chi connectivity index (χ0n) is 12.3. The topological polar surface area (TPSA) is 27.1 Å². The molecule has 0 saturated heterocycles. The van der Waals surface area contributed by atoms with Crippen LogP contribution >= 0.6 is 24.2 Å². The SMILES string of the molecule is COc1ccc(-c2cnc(SC)n2CC(C)C)cc1.Cl. The first kappa shape index (κ1) is 16.9. The molecular weight excluding hydrogens is 292 g/mol. The molecule has 0 aliphatic rings. The van der Waals surface area contributed by atoms with E-state index in [4.69, 9.17) is 4.74 Å². The molecule has 0 atom stereocenters. The largest absolute Gasteiger partial charge is 0.497 e. The summed E-state index contributed by atoms with van der Waals surface area (Å²) in [6.07, 6.45) is 4.02. The first-order valence-electron chi connectivity index (χ1n) is 6.39. The third kappa shape index (κ3) is 3.70. The van der Waals surface area contributed by atoms with Crippen molar-refractivity contribution in [3.05, 3.63) is 30.5 Å². The molecule has 1 aromatic heterocycles. The van der Waals surface area contributed by atoms with Gasteiger partial charge in [-0.15, -0.1) is 12.4 Å². The molecule has 0 spiro atoms. The van der Waals surface area contributed by atoms with Crippen LogP contribution in [0.25, 0.3) is 11.3 Å². The number of thioether (sulfide) groups is 1. The second kappa shape index (κ2) is 7.60. The highest BCUT2D eigenvalue weighted by atomic mass is 35.5. The molecule has 0 amide bonds. The van der Waals surface area contributed by atoms with Crippen LogP contribution < -0.4 is 4.74 Å². The van der Waals surface area contributed by atoms with Crippen molar-refractivity contribution in [1.82, 2.24) is 9.55 Å². The Kier molecular flexibility index (Phi) is 6.43. The number of aromatic nitrogens is 2. The molecule has 0 saturated carbocycles.